The van der Waals surface area contributed by atoms with Crippen LogP contribution in [0.4, 0.5) is 0 Å². The largest absolute Gasteiger partial charge is 0.263 e. The SMILES string of the molecule is CC1=CC(c2cncc3ccc(Br)cc23)=C[SH]1CC1CCCC1. The Morgan fingerprint density at radius 2 is 2.04 bits per heavy atom. The highest BCUT2D eigenvalue weighted by molar-refractivity contribution is 9.10. The lowest BCUT2D eigenvalue weighted by atomic mass is 10.0. The van der Waals surface area contributed by atoms with Crippen LogP contribution in [-0.2, 0) is 0 Å². The molecule has 1 aliphatic carbocycles. The van der Waals surface area contributed by atoms with E-state index in [9.17, 15) is 0 Å². The maximum Gasteiger partial charge on any atom is 0.0353 e. The van der Waals surface area contributed by atoms with Gasteiger partial charge in [0.25, 0.3) is 0 Å². The van der Waals surface area contributed by atoms with Crippen molar-refractivity contribution < 1.29 is 0 Å². The number of pyridine rings is 1. The maximum atomic E-state index is 4.46. The van der Waals surface area contributed by atoms with E-state index >= 15 is 0 Å². The molecular formula is C20H22BrNS. The second-order valence-corrected chi connectivity index (χ2v) is 9.91. The summed E-state index contributed by atoms with van der Waals surface area (Å²) >= 11 is 3.61. The highest BCUT2D eigenvalue weighted by Gasteiger charge is 2.21. The molecule has 0 amide bonds. The molecule has 2 aromatic rings. The first-order valence-electron chi connectivity index (χ1n) is 8.41. The molecule has 23 heavy (non-hydrogen) atoms. The standard InChI is InChI=1S/C20H22BrNS/c1-14-8-17(13-23(14)12-15-4-2-3-5-15)20-11-22-10-16-6-7-18(21)9-19(16)20/h6-11,13,15,23H,2-5,12H2,1H3. The molecule has 2 aliphatic rings. The predicted molar refractivity (Wildman–Crippen MR) is 107 cm³/mol. The summed E-state index contributed by atoms with van der Waals surface area (Å²) in [6, 6.07) is 6.45. The maximum absolute atomic E-state index is 4.46. The fraction of sp³-hybridized carbons (Fsp3) is 0.350. The van der Waals surface area contributed by atoms with E-state index in [2.05, 4.69) is 57.5 Å². The molecule has 1 atom stereocenters. The van der Waals surface area contributed by atoms with Gasteiger partial charge in [-0.2, -0.15) is 0 Å². The van der Waals surface area contributed by atoms with E-state index in [0.717, 1.165) is 10.4 Å². The van der Waals surface area contributed by atoms with Gasteiger partial charge < -0.3 is 0 Å². The van der Waals surface area contributed by atoms with Gasteiger partial charge in [0, 0.05) is 27.8 Å². The van der Waals surface area contributed by atoms with Crippen molar-refractivity contribution in [2.24, 2.45) is 5.92 Å². The number of aromatic nitrogens is 1. The van der Waals surface area contributed by atoms with Crippen LogP contribution in [0.15, 0.2) is 51.5 Å². The average molecular weight is 388 g/mol. The lowest BCUT2D eigenvalue weighted by Crippen LogP contribution is -1.99. The monoisotopic (exact) mass is 387 g/mol. The van der Waals surface area contributed by atoms with Crippen LogP contribution in [0.5, 0.6) is 0 Å². The van der Waals surface area contributed by atoms with Crippen LogP contribution in [0.3, 0.4) is 0 Å². The van der Waals surface area contributed by atoms with Gasteiger partial charge in [-0.05, 0) is 70.9 Å². The van der Waals surface area contributed by atoms with Gasteiger partial charge in [-0.3, -0.25) is 4.98 Å². The number of rotatable bonds is 3. The van der Waals surface area contributed by atoms with Gasteiger partial charge in [0.05, 0.1) is 0 Å². The minimum absolute atomic E-state index is 0.0838. The summed E-state index contributed by atoms with van der Waals surface area (Å²) in [7, 11) is -0.0838. The topological polar surface area (TPSA) is 12.9 Å². The first-order chi connectivity index (χ1) is 11.2. The number of benzene rings is 1. The lowest BCUT2D eigenvalue weighted by molar-refractivity contribution is 0.623. The highest BCUT2D eigenvalue weighted by Crippen LogP contribution is 2.49. The zero-order chi connectivity index (χ0) is 15.8. The Bertz CT molecular complexity index is 802. The molecule has 0 bridgehead atoms. The van der Waals surface area contributed by atoms with Gasteiger partial charge in [0.15, 0.2) is 0 Å². The molecule has 1 saturated carbocycles. The molecule has 120 valence electrons. The van der Waals surface area contributed by atoms with Crippen molar-refractivity contribution in [2.75, 3.05) is 5.75 Å². The molecule has 1 fully saturated rings. The van der Waals surface area contributed by atoms with Crippen molar-refractivity contribution in [3.8, 4) is 0 Å². The second kappa shape index (κ2) is 6.45. The Hall–Kier alpha value is -1.06. The van der Waals surface area contributed by atoms with Crippen LogP contribution >= 0.6 is 26.8 Å². The number of fused-ring (bicyclic) bond motifs is 1. The molecule has 0 radical (unpaired) electrons. The Kier molecular flexibility index (Phi) is 4.33. The summed E-state index contributed by atoms with van der Waals surface area (Å²) in [5.74, 6) is 2.35. The molecule has 0 N–H and O–H groups in total. The lowest BCUT2D eigenvalue weighted by Gasteiger charge is -2.19. The van der Waals surface area contributed by atoms with Crippen molar-refractivity contribution in [3.63, 3.8) is 0 Å². The number of hydrogen-bond donors (Lipinski definition) is 1. The number of thiol groups is 1. The molecule has 1 unspecified atom stereocenters. The fourth-order valence-electron chi connectivity index (χ4n) is 3.80. The van der Waals surface area contributed by atoms with Gasteiger partial charge in [-0.1, -0.05) is 34.8 Å². The molecule has 1 aromatic carbocycles. The molecule has 4 rings (SSSR count). The average Bonchev–Trinajstić information content (AvgIpc) is 3.17. The van der Waals surface area contributed by atoms with E-state index in [1.807, 2.05) is 12.4 Å². The van der Waals surface area contributed by atoms with Crippen molar-refractivity contribution in [1.29, 1.82) is 0 Å². The van der Waals surface area contributed by atoms with Gasteiger partial charge in [-0.25, -0.2) is 10.9 Å². The van der Waals surface area contributed by atoms with Crippen LogP contribution in [0.2, 0.25) is 0 Å². The number of halogens is 1. The molecule has 1 aromatic heterocycles. The van der Waals surface area contributed by atoms with E-state index in [0.29, 0.717) is 0 Å². The van der Waals surface area contributed by atoms with Gasteiger partial charge in [-0.15, -0.1) is 0 Å². The summed E-state index contributed by atoms with van der Waals surface area (Å²) in [6.45, 7) is 2.32. The third kappa shape index (κ3) is 3.14. The molecular weight excluding hydrogens is 366 g/mol. The smallest absolute Gasteiger partial charge is 0.0353 e. The minimum Gasteiger partial charge on any atom is -0.263 e. The number of nitrogens with zero attached hydrogens (tertiary/aromatic N) is 1. The molecule has 0 saturated heterocycles. The summed E-state index contributed by atoms with van der Waals surface area (Å²) in [5, 5.41) is 5.05. The van der Waals surface area contributed by atoms with Crippen LogP contribution in [0, 0.1) is 5.92 Å². The van der Waals surface area contributed by atoms with Crippen molar-refractivity contribution >= 4 is 43.2 Å². The Morgan fingerprint density at radius 3 is 2.87 bits per heavy atom. The number of hydrogen-bond acceptors (Lipinski definition) is 1. The van der Waals surface area contributed by atoms with Crippen molar-refractivity contribution in [1.82, 2.24) is 4.98 Å². The fourth-order valence-corrected chi connectivity index (χ4v) is 6.53. The zero-order valence-corrected chi connectivity index (χ0v) is 15.9. The normalized spacial score (nSPS) is 23.3. The van der Waals surface area contributed by atoms with Gasteiger partial charge in [0.2, 0.25) is 0 Å². The molecule has 3 heteroatoms. The van der Waals surface area contributed by atoms with Crippen molar-refractivity contribution in [3.05, 3.63) is 57.0 Å². The first-order valence-corrected chi connectivity index (χ1v) is 10.8. The summed E-state index contributed by atoms with van der Waals surface area (Å²) in [5.41, 5.74) is 2.65. The quantitative estimate of drug-likeness (QED) is 0.597. The van der Waals surface area contributed by atoms with Crippen LogP contribution < -0.4 is 0 Å². The van der Waals surface area contributed by atoms with Gasteiger partial charge >= 0.3 is 0 Å². The molecule has 0 spiro atoms. The predicted octanol–water partition coefficient (Wildman–Crippen LogP) is 6.45. The van der Waals surface area contributed by atoms with E-state index in [1.54, 1.807) is 4.91 Å². The van der Waals surface area contributed by atoms with E-state index in [4.69, 9.17) is 0 Å². The van der Waals surface area contributed by atoms with E-state index < -0.39 is 0 Å². The Morgan fingerprint density at radius 1 is 1.22 bits per heavy atom. The summed E-state index contributed by atoms with van der Waals surface area (Å²) < 4.78 is 1.13. The zero-order valence-electron chi connectivity index (χ0n) is 13.4. The Labute approximate surface area is 149 Å². The second-order valence-electron chi connectivity index (χ2n) is 6.73. The summed E-state index contributed by atoms with van der Waals surface area (Å²) in [6.07, 6.45) is 12.1. The highest BCUT2D eigenvalue weighted by atomic mass is 79.9. The minimum atomic E-state index is -0.0838. The van der Waals surface area contributed by atoms with Crippen LogP contribution in [0.25, 0.3) is 16.3 Å². The van der Waals surface area contributed by atoms with Crippen LogP contribution in [0.1, 0.15) is 38.2 Å². The molecule has 1 aliphatic heterocycles. The van der Waals surface area contributed by atoms with E-state index in [1.165, 1.54) is 53.3 Å². The van der Waals surface area contributed by atoms with E-state index in [-0.39, 0.29) is 10.9 Å². The third-order valence-corrected chi connectivity index (χ3v) is 8.10. The molecule has 1 nitrogen and oxygen atoms in total. The number of allylic oxidation sites excluding steroid dienone is 3. The first kappa shape index (κ1) is 15.5. The Balaban J connectivity index is 1.69. The third-order valence-electron chi connectivity index (χ3n) is 5.08. The van der Waals surface area contributed by atoms with Crippen molar-refractivity contribution in [2.45, 2.75) is 32.6 Å². The molecule has 2 heterocycles. The summed E-state index contributed by atoms with van der Waals surface area (Å²) in [4.78, 5) is 6.04. The van der Waals surface area contributed by atoms with Gasteiger partial charge in [0.1, 0.15) is 0 Å². The van der Waals surface area contributed by atoms with Crippen LogP contribution in [-0.4, -0.2) is 10.7 Å².